The number of amides is 1. The summed E-state index contributed by atoms with van der Waals surface area (Å²) >= 11 is 1.39. The summed E-state index contributed by atoms with van der Waals surface area (Å²) in [6, 6.07) is 19.0. The van der Waals surface area contributed by atoms with E-state index in [1.165, 1.54) is 24.0 Å². The molecular weight excluding hydrogens is 564 g/mol. The SMILES string of the molecule is CCC(OC(=O)c1ccc2nc(-c3cccnc3)[nH]c2c1)C(=O)Nc1sc2c(c1C(=O)OC)CCC(c1ccccc1)C2. The molecule has 6 rings (SSSR count). The summed E-state index contributed by atoms with van der Waals surface area (Å²) in [5.41, 5.74) is 5.02. The lowest BCUT2D eigenvalue weighted by Crippen LogP contribution is -2.32. The maximum absolute atomic E-state index is 13.4. The Labute approximate surface area is 252 Å². The van der Waals surface area contributed by atoms with E-state index in [9.17, 15) is 14.4 Å². The number of H-pyrrole nitrogens is 1. The highest BCUT2D eigenvalue weighted by atomic mass is 32.1. The van der Waals surface area contributed by atoms with Gasteiger partial charge in [0.05, 0.1) is 29.3 Å². The number of pyridine rings is 1. The number of hydrogen-bond donors (Lipinski definition) is 2. The van der Waals surface area contributed by atoms with Gasteiger partial charge in [0.25, 0.3) is 5.91 Å². The van der Waals surface area contributed by atoms with Crippen molar-refractivity contribution >= 4 is 45.2 Å². The summed E-state index contributed by atoms with van der Waals surface area (Å²) < 4.78 is 10.7. The molecule has 5 aromatic rings. The molecular formula is C33H30N4O5S. The van der Waals surface area contributed by atoms with Gasteiger partial charge in [-0.15, -0.1) is 11.3 Å². The third-order valence-corrected chi connectivity index (χ3v) is 8.90. The largest absolute Gasteiger partial charge is 0.465 e. The molecule has 2 N–H and O–H groups in total. The minimum Gasteiger partial charge on any atom is -0.465 e. The Morgan fingerprint density at radius 3 is 2.67 bits per heavy atom. The van der Waals surface area contributed by atoms with Crippen molar-refractivity contribution in [3.63, 3.8) is 0 Å². The molecule has 1 aliphatic carbocycles. The van der Waals surface area contributed by atoms with E-state index in [0.717, 1.165) is 28.8 Å². The normalized spacial score (nSPS) is 15.0. The van der Waals surface area contributed by atoms with Crippen LogP contribution < -0.4 is 5.32 Å². The number of rotatable bonds is 8. The monoisotopic (exact) mass is 594 g/mol. The van der Waals surface area contributed by atoms with E-state index in [-0.39, 0.29) is 12.0 Å². The second kappa shape index (κ2) is 12.2. The highest BCUT2D eigenvalue weighted by Crippen LogP contribution is 2.43. The van der Waals surface area contributed by atoms with E-state index >= 15 is 0 Å². The van der Waals surface area contributed by atoms with Gasteiger partial charge in [-0.05, 0) is 73.1 Å². The summed E-state index contributed by atoms with van der Waals surface area (Å²) in [5.74, 6) is -0.658. The third kappa shape index (κ3) is 5.78. The van der Waals surface area contributed by atoms with Crippen LogP contribution in [0.1, 0.15) is 62.4 Å². The highest BCUT2D eigenvalue weighted by Gasteiger charge is 2.32. The molecule has 0 saturated heterocycles. The van der Waals surface area contributed by atoms with Crippen LogP contribution in [0, 0.1) is 0 Å². The fourth-order valence-electron chi connectivity index (χ4n) is 5.49. The lowest BCUT2D eigenvalue weighted by molar-refractivity contribution is -0.124. The fourth-order valence-corrected chi connectivity index (χ4v) is 6.81. The summed E-state index contributed by atoms with van der Waals surface area (Å²) in [5, 5.41) is 3.30. The van der Waals surface area contributed by atoms with E-state index in [4.69, 9.17) is 9.47 Å². The maximum atomic E-state index is 13.4. The van der Waals surface area contributed by atoms with Crippen molar-refractivity contribution in [3.8, 4) is 11.4 Å². The van der Waals surface area contributed by atoms with E-state index in [0.29, 0.717) is 39.8 Å². The van der Waals surface area contributed by atoms with Crippen molar-refractivity contribution in [2.45, 2.75) is 44.6 Å². The van der Waals surface area contributed by atoms with Crippen molar-refractivity contribution in [1.82, 2.24) is 15.0 Å². The van der Waals surface area contributed by atoms with Crippen molar-refractivity contribution < 1.29 is 23.9 Å². The molecule has 2 aromatic carbocycles. The second-order valence-corrected chi connectivity index (χ2v) is 11.5. The number of carbonyl (C=O) groups is 3. The highest BCUT2D eigenvalue weighted by molar-refractivity contribution is 7.17. The van der Waals surface area contributed by atoms with Gasteiger partial charge in [0.1, 0.15) is 10.8 Å². The molecule has 0 saturated carbocycles. The van der Waals surface area contributed by atoms with Gasteiger partial charge in [-0.3, -0.25) is 9.78 Å². The van der Waals surface area contributed by atoms with Gasteiger partial charge in [0.2, 0.25) is 0 Å². The number of ether oxygens (including phenoxy) is 2. The topological polar surface area (TPSA) is 123 Å². The number of hydrogen-bond acceptors (Lipinski definition) is 8. The predicted octanol–water partition coefficient (Wildman–Crippen LogP) is 6.32. The van der Waals surface area contributed by atoms with Gasteiger partial charge in [-0.2, -0.15) is 0 Å². The van der Waals surface area contributed by atoms with E-state index in [1.807, 2.05) is 30.3 Å². The number of aromatic amines is 1. The average Bonchev–Trinajstić information content (AvgIpc) is 3.64. The van der Waals surface area contributed by atoms with Crippen LogP contribution in [0.25, 0.3) is 22.4 Å². The van der Waals surface area contributed by atoms with Gasteiger partial charge in [-0.25, -0.2) is 14.6 Å². The number of thiophene rings is 1. The molecule has 3 aromatic heterocycles. The summed E-state index contributed by atoms with van der Waals surface area (Å²) in [7, 11) is 1.33. The smallest absolute Gasteiger partial charge is 0.341 e. The van der Waals surface area contributed by atoms with Gasteiger partial charge in [0.15, 0.2) is 6.10 Å². The van der Waals surface area contributed by atoms with Crippen LogP contribution in [0.15, 0.2) is 73.1 Å². The van der Waals surface area contributed by atoms with E-state index in [1.54, 1.807) is 37.5 Å². The van der Waals surface area contributed by atoms with Crippen LogP contribution >= 0.6 is 11.3 Å². The molecule has 0 radical (unpaired) electrons. The van der Waals surface area contributed by atoms with Gasteiger partial charge in [-0.1, -0.05) is 37.3 Å². The number of esters is 2. The molecule has 2 unspecified atom stereocenters. The zero-order valence-electron chi connectivity index (χ0n) is 23.8. The molecule has 1 amide bonds. The van der Waals surface area contributed by atoms with Gasteiger partial charge >= 0.3 is 11.9 Å². The molecule has 218 valence electrons. The average molecular weight is 595 g/mol. The van der Waals surface area contributed by atoms with Crippen molar-refractivity contribution in [1.29, 1.82) is 0 Å². The number of carbonyl (C=O) groups excluding carboxylic acids is 3. The third-order valence-electron chi connectivity index (χ3n) is 7.73. The number of aromatic nitrogens is 3. The fraction of sp³-hybridized carbons (Fsp3) is 0.242. The number of fused-ring (bicyclic) bond motifs is 2. The Bertz CT molecular complexity index is 1800. The van der Waals surface area contributed by atoms with Crippen LogP contribution in [0.2, 0.25) is 0 Å². The van der Waals surface area contributed by atoms with E-state index < -0.39 is 23.9 Å². The number of nitrogens with zero attached hydrogens (tertiary/aromatic N) is 2. The Balaban J connectivity index is 1.19. The number of methoxy groups -OCH3 is 1. The molecule has 9 nitrogen and oxygen atoms in total. The van der Waals surface area contributed by atoms with Crippen LogP contribution in [-0.4, -0.2) is 46.0 Å². The lowest BCUT2D eigenvalue weighted by Gasteiger charge is -2.22. The first-order valence-corrected chi connectivity index (χ1v) is 15.0. The first-order chi connectivity index (χ1) is 20.9. The number of imidazole rings is 1. The Kier molecular flexibility index (Phi) is 8.02. The van der Waals surface area contributed by atoms with Crippen molar-refractivity contribution in [2.24, 2.45) is 0 Å². The minimum atomic E-state index is -1.06. The molecule has 0 aliphatic heterocycles. The summed E-state index contributed by atoms with van der Waals surface area (Å²) in [6.45, 7) is 1.76. The molecule has 2 atom stereocenters. The van der Waals surface area contributed by atoms with Crippen molar-refractivity contribution in [2.75, 3.05) is 12.4 Å². The van der Waals surface area contributed by atoms with E-state index in [2.05, 4.69) is 32.4 Å². The Hall–Kier alpha value is -4.83. The number of anilines is 1. The summed E-state index contributed by atoms with van der Waals surface area (Å²) in [6.07, 6.45) is 4.96. The molecule has 0 bridgehead atoms. The van der Waals surface area contributed by atoms with Crippen LogP contribution in [-0.2, 0) is 27.1 Å². The molecule has 1 aliphatic rings. The first-order valence-electron chi connectivity index (χ1n) is 14.1. The van der Waals surface area contributed by atoms with Gasteiger partial charge < -0.3 is 19.8 Å². The molecule has 0 spiro atoms. The Morgan fingerprint density at radius 1 is 1.09 bits per heavy atom. The number of benzene rings is 2. The number of nitrogens with one attached hydrogen (secondary N) is 2. The van der Waals surface area contributed by atoms with Crippen molar-refractivity contribution in [3.05, 3.63) is 100 Å². The maximum Gasteiger partial charge on any atom is 0.341 e. The Morgan fingerprint density at radius 2 is 1.93 bits per heavy atom. The molecule has 43 heavy (non-hydrogen) atoms. The molecule has 3 heterocycles. The quantitative estimate of drug-likeness (QED) is 0.202. The summed E-state index contributed by atoms with van der Waals surface area (Å²) in [4.78, 5) is 52.3. The van der Waals surface area contributed by atoms with Crippen LogP contribution in [0.5, 0.6) is 0 Å². The standard InChI is InChI=1S/C33H30N4O5S/c1-3-26(42-32(39)21-12-14-24-25(16-21)36-29(35-24)22-10-7-15-34-18-22)30(38)37-31-28(33(40)41-2)23-13-11-20(17-27(23)43-31)19-8-5-4-6-9-19/h4-10,12,14-16,18,20,26H,3,11,13,17H2,1-2H3,(H,35,36)(H,37,38). The molecule has 10 heteroatoms. The zero-order valence-corrected chi connectivity index (χ0v) is 24.6. The second-order valence-electron chi connectivity index (χ2n) is 10.4. The van der Waals surface area contributed by atoms with Crippen LogP contribution in [0.4, 0.5) is 5.00 Å². The van der Waals surface area contributed by atoms with Gasteiger partial charge in [0, 0.05) is 22.8 Å². The predicted molar refractivity (Wildman–Crippen MR) is 164 cm³/mol. The molecule has 0 fully saturated rings. The lowest BCUT2D eigenvalue weighted by atomic mass is 9.83. The van der Waals surface area contributed by atoms with Crippen LogP contribution in [0.3, 0.4) is 0 Å². The first kappa shape index (κ1) is 28.3. The minimum absolute atomic E-state index is 0.254. The zero-order chi connectivity index (χ0) is 29.9.